The number of ether oxygens (including phenoxy) is 2. The fraction of sp³-hybridized carbons (Fsp3) is 0.167. The maximum atomic E-state index is 12.4. The van der Waals surface area contributed by atoms with Crippen LogP contribution >= 0.6 is 0 Å². The number of nitrogens with zero attached hydrogens (tertiary/aromatic N) is 2. The molecule has 126 valence electrons. The SMILES string of the molecule is O=C(NCc1ccc2c(c1)OCCO2)c1cccc(-c2ncn[nH]2)c1. The number of aromatic nitrogens is 3. The Morgan fingerprint density at radius 1 is 1.12 bits per heavy atom. The second-order valence-corrected chi connectivity index (χ2v) is 5.58. The van der Waals surface area contributed by atoms with Crippen molar-refractivity contribution in [3.8, 4) is 22.9 Å². The Morgan fingerprint density at radius 2 is 2.00 bits per heavy atom. The number of amides is 1. The average Bonchev–Trinajstić information content (AvgIpc) is 3.21. The number of fused-ring (bicyclic) bond motifs is 1. The Bertz CT molecular complexity index is 893. The van der Waals surface area contributed by atoms with Crippen LogP contribution in [0.3, 0.4) is 0 Å². The maximum absolute atomic E-state index is 12.4. The van der Waals surface area contributed by atoms with Crippen LogP contribution in [0.1, 0.15) is 15.9 Å². The lowest BCUT2D eigenvalue weighted by Gasteiger charge is -2.19. The summed E-state index contributed by atoms with van der Waals surface area (Å²) >= 11 is 0. The largest absolute Gasteiger partial charge is 0.486 e. The van der Waals surface area contributed by atoms with E-state index in [4.69, 9.17) is 9.47 Å². The molecule has 0 spiro atoms. The zero-order valence-corrected chi connectivity index (χ0v) is 13.4. The highest BCUT2D eigenvalue weighted by Gasteiger charge is 2.13. The van der Waals surface area contributed by atoms with Gasteiger partial charge in [0.1, 0.15) is 19.5 Å². The zero-order valence-electron chi connectivity index (χ0n) is 13.4. The fourth-order valence-electron chi connectivity index (χ4n) is 2.63. The van der Waals surface area contributed by atoms with E-state index in [9.17, 15) is 4.79 Å². The van der Waals surface area contributed by atoms with Gasteiger partial charge in [0.05, 0.1) is 0 Å². The van der Waals surface area contributed by atoms with Crippen LogP contribution in [0.15, 0.2) is 48.8 Å². The van der Waals surface area contributed by atoms with E-state index < -0.39 is 0 Å². The van der Waals surface area contributed by atoms with Crippen molar-refractivity contribution in [1.82, 2.24) is 20.5 Å². The van der Waals surface area contributed by atoms with Crippen molar-refractivity contribution in [2.45, 2.75) is 6.54 Å². The van der Waals surface area contributed by atoms with E-state index in [0.29, 0.717) is 36.9 Å². The summed E-state index contributed by atoms with van der Waals surface area (Å²) in [7, 11) is 0. The molecule has 7 nitrogen and oxygen atoms in total. The molecule has 0 aliphatic carbocycles. The first-order valence-corrected chi connectivity index (χ1v) is 7.92. The number of H-pyrrole nitrogens is 1. The number of hydrogen-bond acceptors (Lipinski definition) is 5. The molecule has 1 aromatic heterocycles. The van der Waals surface area contributed by atoms with Crippen molar-refractivity contribution in [1.29, 1.82) is 0 Å². The Kier molecular flexibility index (Phi) is 4.04. The number of carbonyl (C=O) groups is 1. The van der Waals surface area contributed by atoms with E-state index in [1.807, 2.05) is 30.3 Å². The average molecular weight is 336 g/mol. The number of hydrogen-bond donors (Lipinski definition) is 2. The molecule has 0 atom stereocenters. The van der Waals surface area contributed by atoms with Crippen molar-refractivity contribution in [2.75, 3.05) is 13.2 Å². The van der Waals surface area contributed by atoms with Crippen LogP contribution in [0.2, 0.25) is 0 Å². The molecule has 7 heteroatoms. The normalized spacial score (nSPS) is 12.6. The predicted molar refractivity (Wildman–Crippen MR) is 90.4 cm³/mol. The number of carbonyl (C=O) groups excluding carboxylic acids is 1. The Hall–Kier alpha value is -3.35. The van der Waals surface area contributed by atoms with Crippen LogP contribution < -0.4 is 14.8 Å². The van der Waals surface area contributed by atoms with Gasteiger partial charge in [-0.1, -0.05) is 18.2 Å². The summed E-state index contributed by atoms with van der Waals surface area (Å²) in [6.45, 7) is 1.50. The Balaban J connectivity index is 1.45. The molecule has 2 aromatic carbocycles. The molecule has 3 aromatic rings. The lowest BCUT2D eigenvalue weighted by molar-refractivity contribution is 0.0951. The van der Waals surface area contributed by atoms with Gasteiger partial charge >= 0.3 is 0 Å². The third kappa shape index (κ3) is 3.30. The molecule has 1 amide bonds. The number of nitrogens with one attached hydrogen (secondary N) is 2. The van der Waals surface area contributed by atoms with Crippen LogP contribution in [0.25, 0.3) is 11.4 Å². The first kappa shape index (κ1) is 15.2. The summed E-state index contributed by atoms with van der Waals surface area (Å²) < 4.78 is 11.1. The molecular formula is C18H16N4O3. The molecule has 0 radical (unpaired) electrons. The zero-order chi connectivity index (χ0) is 17.1. The summed E-state index contributed by atoms with van der Waals surface area (Å²) in [5.74, 6) is 1.92. The Morgan fingerprint density at radius 3 is 2.84 bits per heavy atom. The predicted octanol–water partition coefficient (Wildman–Crippen LogP) is 2.17. The van der Waals surface area contributed by atoms with E-state index in [1.165, 1.54) is 6.33 Å². The highest BCUT2D eigenvalue weighted by atomic mass is 16.6. The summed E-state index contributed by atoms with van der Waals surface area (Å²) in [5.41, 5.74) is 2.32. The first-order chi connectivity index (χ1) is 12.3. The summed E-state index contributed by atoms with van der Waals surface area (Å²) in [6.07, 6.45) is 1.43. The molecule has 4 rings (SSSR count). The van der Waals surface area contributed by atoms with Crippen LogP contribution in [0.5, 0.6) is 11.5 Å². The summed E-state index contributed by atoms with van der Waals surface area (Å²) in [5, 5.41) is 9.53. The van der Waals surface area contributed by atoms with Gasteiger partial charge in [0.15, 0.2) is 17.3 Å². The monoisotopic (exact) mass is 336 g/mol. The number of benzene rings is 2. The molecule has 0 saturated heterocycles. The lowest BCUT2D eigenvalue weighted by Crippen LogP contribution is -2.23. The van der Waals surface area contributed by atoms with Gasteiger partial charge in [0, 0.05) is 17.7 Å². The van der Waals surface area contributed by atoms with Gasteiger partial charge in [-0.2, -0.15) is 5.10 Å². The summed E-state index contributed by atoms with van der Waals surface area (Å²) in [6, 6.07) is 12.9. The molecular weight excluding hydrogens is 320 g/mol. The van der Waals surface area contributed by atoms with Gasteiger partial charge < -0.3 is 14.8 Å². The minimum Gasteiger partial charge on any atom is -0.486 e. The van der Waals surface area contributed by atoms with Crippen molar-refractivity contribution < 1.29 is 14.3 Å². The molecule has 1 aliphatic heterocycles. The molecule has 2 heterocycles. The summed E-state index contributed by atoms with van der Waals surface area (Å²) in [4.78, 5) is 16.5. The smallest absolute Gasteiger partial charge is 0.251 e. The van der Waals surface area contributed by atoms with Crippen LogP contribution in [-0.4, -0.2) is 34.3 Å². The van der Waals surface area contributed by atoms with E-state index in [0.717, 1.165) is 16.9 Å². The van der Waals surface area contributed by atoms with E-state index in [1.54, 1.807) is 12.1 Å². The van der Waals surface area contributed by atoms with Gasteiger partial charge in [0.25, 0.3) is 5.91 Å². The van der Waals surface area contributed by atoms with Gasteiger partial charge in [-0.15, -0.1) is 0 Å². The van der Waals surface area contributed by atoms with Crippen LogP contribution in [0, 0.1) is 0 Å². The lowest BCUT2D eigenvalue weighted by atomic mass is 10.1. The van der Waals surface area contributed by atoms with Crippen molar-refractivity contribution in [2.24, 2.45) is 0 Å². The van der Waals surface area contributed by atoms with Gasteiger partial charge in [0.2, 0.25) is 0 Å². The highest BCUT2D eigenvalue weighted by molar-refractivity contribution is 5.95. The molecule has 0 fully saturated rings. The van der Waals surface area contributed by atoms with Crippen molar-refractivity contribution in [3.63, 3.8) is 0 Å². The second-order valence-electron chi connectivity index (χ2n) is 5.58. The van der Waals surface area contributed by atoms with Crippen LogP contribution in [-0.2, 0) is 6.54 Å². The van der Waals surface area contributed by atoms with Crippen molar-refractivity contribution >= 4 is 5.91 Å². The quantitative estimate of drug-likeness (QED) is 0.762. The topological polar surface area (TPSA) is 89.1 Å². The van der Waals surface area contributed by atoms with E-state index in [-0.39, 0.29) is 5.91 Å². The minimum absolute atomic E-state index is 0.156. The molecule has 0 saturated carbocycles. The third-order valence-electron chi connectivity index (χ3n) is 3.87. The fourth-order valence-corrected chi connectivity index (χ4v) is 2.63. The van der Waals surface area contributed by atoms with Crippen LogP contribution in [0.4, 0.5) is 0 Å². The molecule has 1 aliphatic rings. The van der Waals surface area contributed by atoms with Gasteiger partial charge in [-0.25, -0.2) is 4.98 Å². The molecule has 0 unspecified atom stereocenters. The molecule has 2 N–H and O–H groups in total. The maximum Gasteiger partial charge on any atom is 0.251 e. The minimum atomic E-state index is -0.156. The van der Waals surface area contributed by atoms with Gasteiger partial charge in [-0.05, 0) is 29.8 Å². The van der Waals surface area contributed by atoms with E-state index >= 15 is 0 Å². The van der Waals surface area contributed by atoms with Crippen molar-refractivity contribution in [3.05, 3.63) is 59.9 Å². The number of aromatic amines is 1. The van der Waals surface area contributed by atoms with E-state index in [2.05, 4.69) is 20.5 Å². The third-order valence-corrected chi connectivity index (χ3v) is 3.87. The number of rotatable bonds is 4. The molecule has 25 heavy (non-hydrogen) atoms. The molecule has 0 bridgehead atoms. The first-order valence-electron chi connectivity index (χ1n) is 7.92. The second kappa shape index (κ2) is 6.64. The standard InChI is InChI=1S/C18H16N4O3/c23-18(14-3-1-2-13(9-14)17-20-11-21-22-17)19-10-12-4-5-15-16(8-12)25-7-6-24-15/h1-5,8-9,11H,6-7,10H2,(H,19,23)(H,20,21,22). The van der Waals surface area contributed by atoms with Gasteiger partial charge in [-0.3, -0.25) is 9.89 Å². The highest BCUT2D eigenvalue weighted by Crippen LogP contribution is 2.30. The Labute approximate surface area is 144 Å².